The van der Waals surface area contributed by atoms with Crippen molar-refractivity contribution in [3.05, 3.63) is 24.7 Å². The molecule has 2 aromatic heterocycles. The highest BCUT2D eigenvalue weighted by Crippen LogP contribution is 2.51. The molecule has 11 heteroatoms. The van der Waals surface area contributed by atoms with Crippen LogP contribution in [0.2, 0.25) is 0 Å². The van der Waals surface area contributed by atoms with Gasteiger partial charge < -0.3 is 20.2 Å². The molecule has 1 saturated carbocycles. The van der Waals surface area contributed by atoms with Gasteiger partial charge >= 0.3 is 0 Å². The summed E-state index contributed by atoms with van der Waals surface area (Å²) >= 11 is 0. The van der Waals surface area contributed by atoms with E-state index >= 15 is 0 Å². The molecule has 31 heavy (non-hydrogen) atoms. The fourth-order valence-corrected chi connectivity index (χ4v) is 4.61. The number of amides is 1. The van der Waals surface area contributed by atoms with Gasteiger partial charge in [0.25, 0.3) is 5.92 Å². The Morgan fingerprint density at radius 1 is 1.29 bits per heavy atom. The molecule has 0 radical (unpaired) electrons. The maximum absolute atomic E-state index is 13.4. The van der Waals surface area contributed by atoms with Crippen molar-refractivity contribution in [3.63, 3.8) is 0 Å². The molecule has 1 aliphatic carbocycles. The summed E-state index contributed by atoms with van der Waals surface area (Å²) < 4.78 is 28.5. The molecule has 2 N–H and O–H groups in total. The van der Waals surface area contributed by atoms with Gasteiger partial charge in [-0.05, 0) is 25.3 Å². The van der Waals surface area contributed by atoms with Gasteiger partial charge in [0.2, 0.25) is 11.9 Å². The summed E-state index contributed by atoms with van der Waals surface area (Å²) in [6, 6.07) is 1.71. The molecule has 166 valence electrons. The molecule has 2 unspecified atom stereocenters. The SMILES string of the molecule is O=C([C@@H]1CC1(F)F)N1C2CCC1CN(c1ccnc(Nc3cnn(CCCO)c3)n1)C2. The topological polar surface area (TPSA) is 99.4 Å². The van der Waals surface area contributed by atoms with Gasteiger partial charge in [-0.15, -0.1) is 0 Å². The molecular formula is C20H25F2N7O2. The number of aromatic nitrogens is 4. The van der Waals surface area contributed by atoms with Crippen LogP contribution in [0.3, 0.4) is 0 Å². The number of anilines is 3. The van der Waals surface area contributed by atoms with E-state index in [1.165, 1.54) is 0 Å². The van der Waals surface area contributed by atoms with Crippen molar-refractivity contribution in [1.82, 2.24) is 24.6 Å². The molecule has 1 amide bonds. The van der Waals surface area contributed by atoms with Crippen LogP contribution in [0.5, 0.6) is 0 Å². The third-order valence-electron chi connectivity index (χ3n) is 6.26. The molecule has 5 rings (SSSR count). The predicted octanol–water partition coefficient (Wildman–Crippen LogP) is 1.63. The van der Waals surface area contributed by atoms with Crippen LogP contribution in [-0.2, 0) is 11.3 Å². The van der Waals surface area contributed by atoms with Crippen molar-refractivity contribution < 1.29 is 18.7 Å². The minimum Gasteiger partial charge on any atom is -0.396 e. The van der Waals surface area contributed by atoms with Crippen LogP contribution in [0.25, 0.3) is 0 Å². The van der Waals surface area contributed by atoms with Crippen molar-refractivity contribution >= 4 is 23.4 Å². The van der Waals surface area contributed by atoms with Crippen LogP contribution in [0.4, 0.5) is 26.2 Å². The first-order chi connectivity index (χ1) is 14.9. The van der Waals surface area contributed by atoms with E-state index in [4.69, 9.17) is 5.11 Å². The summed E-state index contributed by atoms with van der Waals surface area (Å²) in [5, 5.41) is 16.3. The smallest absolute Gasteiger partial charge is 0.260 e. The van der Waals surface area contributed by atoms with Crippen LogP contribution >= 0.6 is 0 Å². The third-order valence-corrected chi connectivity index (χ3v) is 6.26. The first-order valence-corrected chi connectivity index (χ1v) is 10.6. The highest BCUT2D eigenvalue weighted by Gasteiger charge is 2.64. The van der Waals surface area contributed by atoms with Gasteiger partial charge in [0.05, 0.1) is 11.9 Å². The lowest BCUT2D eigenvalue weighted by atomic mass is 10.1. The second-order valence-electron chi connectivity index (χ2n) is 8.49. The van der Waals surface area contributed by atoms with Crippen molar-refractivity contribution in [2.24, 2.45) is 5.92 Å². The molecule has 2 aliphatic heterocycles. The Bertz CT molecular complexity index is 955. The maximum Gasteiger partial charge on any atom is 0.260 e. The van der Waals surface area contributed by atoms with Crippen molar-refractivity contribution in [2.75, 3.05) is 29.9 Å². The van der Waals surface area contributed by atoms with Crippen LogP contribution < -0.4 is 10.2 Å². The Kier molecular flexibility index (Phi) is 4.99. The van der Waals surface area contributed by atoms with Crippen molar-refractivity contribution in [3.8, 4) is 0 Å². The van der Waals surface area contributed by atoms with Gasteiger partial charge in [0, 0.05) is 57.1 Å². The van der Waals surface area contributed by atoms with E-state index in [1.807, 2.05) is 12.3 Å². The number of halogens is 2. The zero-order valence-corrected chi connectivity index (χ0v) is 17.0. The molecule has 2 saturated heterocycles. The molecule has 4 heterocycles. The highest BCUT2D eigenvalue weighted by atomic mass is 19.3. The van der Waals surface area contributed by atoms with Gasteiger partial charge in [-0.1, -0.05) is 0 Å². The number of piperazine rings is 1. The van der Waals surface area contributed by atoms with E-state index in [0.717, 1.165) is 24.3 Å². The fraction of sp³-hybridized carbons (Fsp3) is 0.600. The molecular weight excluding hydrogens is 408 g/mol. The van der Waals surface area contributed by atoms with Crippen molar-refractivity contribution in [1.29, 1.82) is 0 Å². The quantitative estimate of drug-likeness (QED) is 0.685. The van der Waals surface area contributed by atoms with E-state index in [0.29, 0.717) is 32.0 Å². The molecule has 9 nitrogen and oxygen atoms in total. The number of hydrogen-bond acceptors (Lipinski definition) is 7. The molecule has 3 fully saturated rings. The molecule has 3 aliphatic rings. The second kappa shape index (κ2) is 7.70. The first kappa shape index (κ1) is 20.1. The molecule has 3 atom stereocenters. The van der Waals surface area contributed by atoms with Crippen molar-refractivity contribution in [2.45, 2.75) is 50.2 Å². The largest absolute Gasteiger partial charge is 0.396 e. The minimum atomic E-state index is -2.83. The van der Waals surface area contributed by atoms with Gasteiger partial charge in [-0.25, -0.2) is 13.8 Å². The summed E-state index contributed by atoms with van der Waals surface area (Å²) in [5.74, 6) is -3.17. The summed E-state index contributed by atoms with van der Waals surface area (Å²) in [7, 11) is 0. The average molecular weight is 433 g/mol. The Balaban J connectivity index is 1.25. The Hall–Kier alpha value is -2.82. The highest BCUT2D eigenvalue weighted by molar-refractivity contribution is 5.84. The van der Waals surface area contributed by atoms with Crippen LogP contribution in [0.15, 0.2) is 24.7 Å². The summed E-state index contributed by atoms with van der Waals surface area (Å²) in [4.78, 5) is 25.3. The number of hydrogen-bond donors (Lipinski definition) is 2. The number of alkyl halides is 2. The molecule has 0 spiro atoms. The van der Waals surface area contributed by atoms with E-state index in [-0.39, 0.29) is 31.0 Å². The van der Waals surface area contributed by atoms with E-state index < -0.39 is 11.8 Å². The fourth-order valence-electron chi connectivity index (χ4n) is 4.61. The van der Waals surface area contributed by atoms with E-state index in [2.05, 4.69) is 25.3 Å². The van der Waals surface area contributed by atoms with E-state index in [1.54, 1.807) is 22.0 Å². The zero-order chi connectivity index (χ0) is 21.6. The Morgan fingerprint density at radius 2 is 2.03 bits per heavy atom. The standard InChI is InChI=1S/C20H25F2N7O2/c21-20(22)8-16(20)18(31)29-14-2-3-15(29)12-27(11-14)17-4-5-23-19(26-17)25-13-9-24-28(10-13)6-1-7-30/h4-5,9-10,14-16,30H,1-3,6-8,11-12H2,(H,23,25,26)/t14?,15?,16-/m0/s1. The third kappa shape index (κ3) is 3.93. The number of carbonyl (C=O) groups excluding carboxylic acids is 1. The number of rotatable bonds is 7. The number of aryl methyl sites for hydroxylation is 1. The average Bonchev–Trinajstić information content (AvgIpc) is 3.04. The Labute approximate surface area is 178 Å². The van der Waals surface area contributed by atoms with Gasteiger partial charge in [-0.3, -0.25) is 9.48 Å². The summed E-state index contributed by atoms with van der Waals surface area (Å²) in [6.07, 6.45) is 7.13. The lowest BCUT2D eigenvalue weighted by Crippen LogP contribution is -2.56. The number of fused-ring (bicyclic) bond motifs is 2. The summed E-state index contributed by atoms with van der Waals surface area (Å²) in [6.45, 7) is 1.89. The zero-order valence-electron chi connectivity index (χ0n) is 17.0. The molecule has 2 aromatic rings. The monoisotopic (exact) mass is 433 g/mol. The van der Waals surface area contributed by atoms with Gasteiger partial charge in [0.15, 0.2) is 0 Å². The lowest BCUT2D eigenvalue weighted by molar-refractivity contribution is -0.138. The Morgan fingerprint density at radius 3 is 2.71 bits per heavy atom. The number of nitrogens with zero attached hydrogens (tertiary/aromatic N) is 6. The number of nitrogens with one attached hydrogen (secondary N) is 1. The molecule has 0 aromatic carbocycles. The normalized spacial score (nSPS) is 26.2. The van der Waals surface area contributed by atoms with Crippen LogP contribution in [0.1, 0.15) is 25.7 Å². The van der Waals surface area contributed by atoms with Crippen LogP contribution in [-0.4, -0.2) is 73.4 Å². The predicted molar refractivity (Wildman–Crippen MR) is 108 cm³/mol. The van der Waals surface area contributed by atoms with Gasteiger partial charge in [0.1, 0.15) is 11.7 Å². The number of carbonyl (C=O) groups is 1. The maximum atomic E-state index is 13.4. The van der Waals surface area contributed by atoms with Crippen LogP contribution in [0, 0.1) is 5.92 Å². The molecule has 2 bridgehead atoms. The minimum absolute atomic E-state index is 0.0567. The second-order valence-corrected chi connectivity index (χ2v) is 8.49. The number of aliphatic hydroxyl groups excluding tert-OH is 1. The lowest BCUT2D eigenvalue weighted by Gasteiger charge is -2.41. The van der Waals surface area contributed by atoms with Gasteiger partial charge in [-0.2, -0.15) is 10.1 Å². The van der Waals surface area contributed by atoms with E-state index in [9.17, 15) is 13.6 Å². The number of aliphatic hydroxyl groups is 1. The first-order valence-electron chi connectivity index (χ1n) is 10.6. The summed E-state index contributed by atoms with van der Waals surface area (Å²) in [5.41, 5.74) is 0.746.